The summed E-state index contributed by atoms with van der Waals surface area (Å²) in [5.41, 5.74) is -0.706. The van der Waals surface area contributed by atoms with Crippen LogP contribution in [0.5, 0.6) is 0 Å². The molecule has 14 heavy (non-hydrogen) atoms. The van der Waals surface area contributed by atoms with E-state index in [9.17, 15) is 9.59 Å². The fourth-order valence-corrected chi connectivity index (χ4v) is 0.859. The second-order valence-electron chi connectivity index (χ2n) is 3.40. The van der Waals surface area contributed by atoms with Gasteiger partial charge in [0.1, 0.15) is 6.42 Å². The molecule has 1 fully saturated rings. The highest BCUT2D eigenvalue weighted by Crippen LogP contribution is 2.09. The van der Waals surface area contributed by atoms with Crippen molar-refractivity contribution in [2.75, 3.05) is 0 Å². The van der Waals surface area contributed by atoms with Crippen LogP contribution in [0.2, 0.25) is 0 Å². The quantitative estimate of drug-likeness (QED) is 0.376. The Balaban J connectivity index is 2.58. The Labute approximate surface area is 81.8 Å². The monoisotopic (exact) mass is 197 g/mol. The Kier molecular flexibility index (Phi) is 2.77. The number of nitrogens with one attached hydrogen (secondary N) is 1. The number of ether oxygens (including phenoxy) is 2. The van der Waals surface area contributed by atoms with Crippen molar-refractivity contribution in [3.8, 4) is 12.3 Å². The minimum Gasteiger partial charge on any atom is -0.410 e. The van der Waals surface area contributed by atoms with Crippen LogP contribution >= 0.6 is 0 Å². The van der Waals surface area contributed by atoms with Crippen molar-refractivity contribution in [2.24, 2.45) is 0 Å². The SMILES string of the molecule is C#CC(C)(C)NC1OC(=O)CC(=O)O1. The first-order valence-electron chi connectivity index (χ1n) is 4.07. The van der Waals surface area contributed by atoms with E-state index in [0.717, 1.165) is 0 Å². The zero-order valence-corrected chi connectivity index (χ0v) is 7.99. The lowest BCUT2D eigenvalue weighted by Gasteiger charge is -2.28. The van der Waals surface area contributed by atoms with Gasteiger partial charge in [-0.05, 0) is 13.8 Å². The van der Waals surface area contributed by atoms with Gasteiger partial charge in [0.15, 0.2) is 0 Å². The number of rotatable bonds is 2. The van der Waals surface area contributed by atoms with E-state index in [0.29, 0.717) is 0 Å². The van der Waals surface area contributed by atoms with Crippen LogP contribution in [0, 0.1) is 12.3 Å². The number of carbonyl (C=O) groups excluding carboxylic acids is 2. The van der Waals surface area contributed by atoms with Crippen molar-refractivity contribution in [2.45, 2.75) is 32.2 Å². The smallest absolute Gasteiger partial charge is 0.321 e. The van der Waals surface area contributed by atoms with E-state index in [4.69, 9.17) is 15.9 Å². The Bertz CT molecular complexity index is 286. The number of cyclic esters (lactones) is 2. The van der Waals surface area contributed by atoms with Crippen molar-refractivity contribution in [1.82, 2.24) is 5.32 Å². The van der Waals surface area contributed by atoms with Crippen LogP contribution in [-0.4, -0.2) is 23.9 Å². The first-order chi connectivity index (χ1) is 6.43. The fourth-order valence-electron chi connectivity index (χ4n) is 0.859. The maximum absolute atomic E-state index is 10.8. The van der Waals surface area contributed by atoms with Crippen molar-refractivity contribution >= 4 is 11.9 Å². The van der Waals surface area contributed by atoms with Gasteiger partial charge in [0, 0.05) is 0 Å². The van der Waals surface area contributed by atoms with E-state index in [1.54, 1.807) is 13.8 Å². The molecule has 0 unspecified atom stereocenters. The molecule has 0 saturated carbocycles. The van der Waals surface area contributed by atoms with Gasteiger partial charge >= 0.3 is 18.4 Å². The van der Waals surface area contributed by atoms with Gasteiger partial charge in [-0.25, -0.2) is 5.32 Å². The Morgan fingerprint density at radius 3 is 2.36 bits per heavy atom. The van der Waals surface area contributed by atoms with Crippen molar-refractivity contribution < 1.29 is 19.1 Å². The maximum atomic E-state index is 10.8. The average molecular weight is 197 g/mol. The van der Waals surface area contributed by atoms with Crippen molar-refractivity contribution in [3.05, 3.63) is 0 Å². The number of terminal acetylenes is 1. The van der Waals surface area contributed by atoms with Crippen molar-refractivity contribution in [3.63, 3.8) is 0 Å². The molecule has 5 nitrogen and oxygen atoms in total. The third kappa shape index (κ3) is 2.75. The van der Waals surface area contributed by atoms with Crippen LogP contribution in [-0.2, 0) is 19.1 Å². The molecular weight excluding hydrogens is 186 g/mol. The van der Waals surface area contributed by atoms with Crippen LogP contribution < -0.4 is 5.32 Å². The molecule has 0 aliphatic carbocycles. The van der Waals surface area contributed by atoms with Gasteiger partial charge in [-0.3, -0.25) is 9.59 Å². The van der Waals surface area contributed by atoms with Gasteiger partial charge in [-0.2, -0.15) is 0 Å². The summed E-state index contributed by atoms with van der Waals surface area (Å²) < 4.78 is 9.41. The van der Waals surface area contributed by atoms with Gasteiger partial charge in [0.25, 0.3) is 0 Å². The van der Waals surface area contributed by atoms with E-state index in [1.807, 2.05) is 0 Å². The zero-order chi connectivity index (χ0) is 10.8. The summed E-state index contributed by atoms with van der Waals surface area (Å²) in [5, 5.41) is 2.68. The lowest BCUT2D eigenvalue weighted by molar-refractivity contribution is -0.211. The first-order valence-corrected chi connectivity index (χ1v) is 4.07. The maximum Gasteiger partial charge on any atom is 0.321 e. The summed E-state index contributed by atoms with van der Waals surface area (Å²) in [6.07, 6.45) is 3.76. The summed E-state index contributed by atoms with van der Waals surface area (Å²) in [5.74, 6) is 1.19. The molecule has 1 rings (SSSR count). The molecule has 0 aromatic carbocycles. The Morgan fingerprint density at radius 1 is 1.43 bits per heavy atom. The predicted molar refractivity (Wildman–Crippen MR) is 46.6 cm³/mol. The minimum absolute atomic E-state index is 0.353. The molecule has 5 heteroatoms. The Hall–Kier alpha value is -1.54. The summed E-state index contributed by atoms with van der Waals surface area (Å²) >= 11 is 0. The zero-order valence-electron chi connectivity index (χ0n) is 7.99. The van der Waals surface area contributed by atoms with E-state index in [1.165, 1.54) is 0 Å². The minimum atomic E-state index is -1.09. The van der Waals surface area contributed by atoms with Crippen molar-refractivity contribution in [1.29, 1.82) is 0 Å². The van der Waals surface area contributed by atoms with Crippen LogP contribution in [0.1, 0.15) is 20.3 Å². The molecule has 1 N–H and O–H groups in total. The molecule has 1 aliphatic heterocycles. The van der Waals surface area contributed by atoms with Gasteiger partial charge in [0.05, 0.1) is 5.54 Å². The third-order valence-corrected chi connectivity index (χ3v) is 1.61. The molecule has 1 heterocycles. The summed E-state index contributed by atoms with van der Waals surface area (Å²) in [4.78, 5) is 21.7. The summed E-state index contributed by atoms with van der Waals surface area (Å²) in [6, 6.07) is 0. The molecule has 0 amide bonds. The largest absolute Gasteiger partial charge is 0.410 e. The van der Waals surface area contributed by atoms with E-state index in [-0.39, 0.29) is 6.42 Å². The van der Waals surface area contributed by atoms with Crippen LogP contribution in [0.25, 0.3) is 0 Å². The summed E-state index contributed by atoms with van der Waals surface area (Å²) in [7, 11) is 0. The molecule has 0 atom stereocenters. The van der Waals surface area contributed by atoms with Crippen LogP contribution in [0.4, 0.5) is 0 Å². The molecule has 0 spiro atoms. The molecular formula is C9H11NO4. The molecule has 1 saturated heterocycles. The predicted octanol–water partition coefficient (Wildman–Crippen LogP) is -0.239. The highest BCUT2D eigenvalue weighted by Gasteiger charge is 2.31. The molecule has 0 radical (unpaired) electrons. The number of hydrogen-bond donors (Lipinski definition) is 1. The summed E-state index contributed by atoms with van der Waals surface area (Å²) in [6.45, 7) is 3.40. The normalized spacial score (nSPS) is 18.4. The van der Waals surface area contributed by atoms with Crippen LogP contribution in [0.3, 0.4) is 0 Å². The van der Waals surface area contributed by atoms with Gasteiger partial charge in [0.2, 0.25) is 0 Å². The average Bonchev–Trinajstić information content (AvgIpc) is 2.01. The Morgan fingerprint density at radius 2 is 1.93 bits per heavy atom. The second-order valence-corrected chi connectivity index (χ2v) is 3.40. The molecule has 0 bridgehead atoms. The number of hydrogen-bond acceptors (Lipinski definition) is 5. The van der Waals surface area contributed by atoms with Gasteiger partial charge in [-0.1, -0.05) is 5.92 Å². The third-order valence-electron chi connectivity index (χ3n) is 1.61. The molecule has 1 aliphatic rings. The topological polar surface area (TPSA) is 64.6 Å². The molecule has 76 valence electrons. The van der Waals surface area contributed by atoms with Gasteiger partial charge < -0.3 is 9.47 Å². The highest BCUT2D eigenvalue weighted by atomic mass is 16.7. The molecule has 0 aromatic rings. The number of esters is 2. The fraction of sp³-hybridized carbons (Fsp3) is 0.556. The standard InChI is InChI=1S/C9H11NO4/c1-4-9(2,3)10-8-13-6(11)5-7(12)14-8/h1,8,10H,5H2,2-3H3. The van der Waals surface area contributed by atoms with E-state index in [2.05, 4.69) is 11.2 Å². The first kappa shape index (κ1) is 10.5. The van der Waals surface area contributed by atoms with Crippen LogP contribution in [0.15, 0.2) is 0 Å². The highest BCUT2D eigenvalue weighted by molar-refractivity contribution is 5.92. The van der Waals surface area contributed by atoms with Gasteiger partial charge in [-0.15, -0.1) is 6.42 Å². The van der Waals surface area contributed by atoms with E-state index >= 15 is 0 Å². The lowest BCUT2D eigenvalue weighted by Crippen LogP contribution is -2.51. The second kappa shape index (κ2) is 3.68. The van der Waals surface area contributed by atoms with E-state index < -0.39 is 23.9 Å². The molecule has 0 aromatic heterocycles. The lowest BCUT2D eigenvalue weighted by atomic mass is 10.1. The number of carbonyl (C=O) groups is 2.